The number of rotatable bonds is 4. The fourth-order valence-corrected chi connectivity index (χ4v) is 3.55. The van der Waals surface area contributed by atoms with E-state index in [-0.39, 0.29) is 0 Å². The van der Waals surface area contributed by atoms with Crippen molar-refractivity contribution >= 4 is 11.3 Å². The van der Waals surface area contributed by atoms with Crippen LogP contribution >= 0.6 is 11.3 Å². The van der Waals surface area contributed by atoms with Crippen molar-refractivity contribution in [3.63, 3.8) is 0 Å². The van der Waals surface area contributed by atoms with Crippen molar-refractivity contribution < 1.29 is 0 Å². The molecule has 1 aliphatic rings. The van der Waals surface area contributed by atoms with E-state index in [1.165, 1.54) is 10.6 Å². The first kappa shape index (κ1) is 13.7. The summed E-state index contributed by atoms with van der Waals surface area (Å²) in [6.07, 6.45) is 1.11. The van der Waals surface area contributed by atoms with Crippen LogP contribution in [-0.4, -0.2) is 35.6 Å². The molecule has 1 unspecified atom stereocenters. The van der Waals surface area contributed by atoms with E-state index in [9.17, 15) is 0 Å². The van der Waals surface area contributed by atoms with E-state index in [4.69, 9.17) is 0 Å². The fourth-order valence-electron chi connectivity index (χ4n) is 2.74. The molecule has 0 aliphatic carbocycles. The summed E-state index contributed by atoms with van der Waals surface area (Å²) in [5, 5.41) is 7.01. The van der Waals surface area contributed by atoms with Gasteiger partial charge in [0.15, 0.2) is 0 Å². The number of hydrogen-bond acceptors (Lipinski definition) is 4. The Hall–Kier alpha value is -1.23. The van der Waals surface area contributed by atoms with Gasteiger partial charge in [0.25, 0.3) is 0 Å². The van der Waals surface area contributed by atoms with Gasteiger partial charge in [0, 0.05) is 36.8 Å². The zero-order valence-corrected chi connectivity index (χ0v) is 12.7. The summed E-state index contributed by atoms with van der Waals surface area (Å²) in [6, 6.07) is 11.3. The monoisotopic (exact) mass is 287 g/mol. The molecule has 106 valence electrons. The maximum Gasteiger partial charge on any atom is 0.107 e. The Kier molecular flexibility index (Phi) is 4.45. The van der Waals surface area contributed by atoms with E-state index >= 15 is 0 Å². The highest BCUT2D eigenvalue weighted by atomic mass is 32.1. The lowest BCUT2D eigenvalue weighted by molar-refractivity contribution is 0.191. The normalized spacial score (nSPS) is 20.1. The molecule has 3 rings (SSSR count). The van der Waals surface area contributed by atoms with E-state index < -0.39 is 0 Å². The Labute approximate surface area is 124 Å². The predicted octanol–water partition coefficient (Wildman–Crippen LogP) is 2.47. The van der Waals surface area contributed by atoms with Crippen LogP contribution in [0.3, 0.4) is 0 Å². The number of hydrogen-bond donors (Lipinski definition) is 1. The SMILES string of the molecule is Cc1csc(CN2CCNC(Cc3ccccc3)C2)n1. The zero-order chi connectivity index (χ0) is 13.8. The molecule has 1 aromatic carbocycles. The lowest BCUT2D eigenvalue weighted by Gasteiger charge is -2.33. The first-order chi connectivity index (χ1) is 9.79. The van der Waals surface area contributed by atoms with Crippen LogP contribution in [0.4, 0.5) is 0 Å². The van der Waals surface area contributed by atoms with Crippen molar-refractivity contribution in [2.45, 2.75) is 25.9 Å². The highest BCUT2D eigenvalue weighted by Gasteiger charge is 2.20. The topological polar surface area (TPSA) is 28.2 Å². The summed E-state index contributed by atoms with van der Waals surface area (Å²) in [4.78, 5) is 7.09. The zero-order valence-electron chi connectivity index (χ0n) is 11.9. The minimum absolute atomic E-state index is 0.548. The molecule has 0 bridgehead atoms. The molecule has 1 fully saturated rings. The quantitative estimate of drug-likeness (QED) is 0.936. The molecule has 0 amide bonds. The number of nitrogens with one attached hydrogen (secondary N) is 1. The predicted molar refractivity (Wildman–Crippen MR) is 84.1 cm³/mol. The Morgan fingerprint density at radius 1 is 1.35 bits per heavy atom. The van der Waals surface area contributed by atoms with Crippen LogP contribution in [0.2, 0.25) is 0 Å². The van der Waals surface area contributed by atoms with Gasteiger partial charge in [-0.3, -0.25) is 4.90 Å². The van der Waals surface area contributed by atoms with Crippen LogP contribution in [0.5, 0.6) is 0 Å². The van der Waals surface area contributed by atoms with Gasteiger partial charge in [-0.25, -0.2) is 4.98 Å². The Bertz CT molecular complexity index is 538. The van der Waals surface area contributed by atoms with E-state index in [2.05, 4.69) is 57.8 Å². The number of benzene rings is 1. The second-order valence-electron chi connectivity index (χ2n) is 5.46. The van der Waals surface area contributed by atoms with Crippen LogP contribution in [0, 0.1) is 6.92 Å². The molecular formula is C16H21N3S. The Balaban J connectivity index is 1.56. The molecule has 4 heteroatoms. The largest absolute Gasteiger partial charge is 0.311 e. The van der Waals surface area contributed by atoms with Crippen LogP contribution in [-0.2, 0) is 13.0 Å². The smallest absolute Gasteiger partial charge is 0.107 e. The van der Waals surface area contributed by atoms with Crippen molar-refractivity contribution in [1.82, 2.24) is 15.2 Å². The van der Waals surface area contributed by atoms with Crippen molar-refractivity contribution in [1.29, 1.82) is 0 Å². The molecule has 0 radical (unpaired) electrons. The molecule has 0 spiro atoms. The van der Waals surface area contributed by atoms with E-state index in [1.807, 2.05) is 0 Å². The highest BCUT2D eigenvalue weighted by Crippen LogP contribution is 2.14. The second-order valence-corrected chi connectivity index (χ2v) is 6.40. The molecule has 1 atom stereocenters. The number of thiazole rings is 1. The number of nitrogens with zero attached hydrogens (tertiary/aromatic N) is 2. The molecular weight excluding hydrogens is 266 g/mol. The van der Waals surface area contributed by atoms with Crippen LogP contribution in [0.25, 0.3) is 0 Å². The van der Waals surface area contributed by atoms with Crippen molar-refractivity contribution in [3.8, 4) is 0 Å². The summed E-state index contributed by atoms with van der Waals surface area (Å²) >= 11 is 1.78. The molecule has 1 saturated heterocycles. The number of aryl methyl sites for hydroxylation is 1. The standard InChI is InChI=1S/C16H21N3S/c1-13-12-20-16(18-13)11-19-8-7-17-15(10-19)9-14-5-3-2-4-6-14/h2-6,12,15,17H,7-11H2,1H3. The summed E-state index contributed by atoms with van der Waals surface area (Å²) in [7, 11) is 0. The molecule has 3 nitrogen and oxygen atoms in total. The van der Waals surface area contributed by atoms with Crippen LogP contribution in [0.1, 0.15) is 16.3 Å². The van der Waals surface area contributed by atoms with Gasteiger partial charge in [0.2, 0.25) is 0 Å². The van der Waals surface area contributed by atoms with Gasteiger partial charge in [-0.05, 0) is 18.9 Å². The first-order valence-electron chi connectivity index (χ1n) is 7.20. The van der Waals surface area contributed by atoms with Crippen LogP contribution < -0.4 is 5.32 Å². The van der Waals surface area contributed by atoms with Gasteiger partial charge in [0.05, 0.1) is 6.54 Å². The van der Waals surface area contributed by atoms with Crippen molar-refractivity contribution in [2.24, 2.45) is 0 Å². The molecule has 1 aliphatic heterocycles. The van der Waals surface area contributed by atoms with E-state index in [0.29, 0.717) is 6.04 Å². The van der Waals surface area contributed by atoms with E-state index in [0.717, 1.165) is 38.3 Å². The summed E-state index contributed by atoms with van der Waals surface area (Å²) < 4.78 is 0. The second kappa shape index (κ2) is 6.48. The molecule has 1 aromatic heterocycles. The molecule has 20 heavy (non-hydrogen) atoms. The van der Waals surface area contributed by atoms with Gasteiger partial charge in [-0.1, -0.05) is 30.3 Å². The molecule has 1 N–H and O–H groups in total. The van der Waals surface area contributed by atoms with Gasteiger partial charge < -0.3 is 5.32 Å². The minimum Gasteiger partial charge on any atom is -0.311 e. The van der Waals surface area contributed by atoms with E-state index in [1.54, 1.807) is 11.3 Å². The van der Waals surface area contributed by atoms with Gasteiger partial charge in [-0.15, -0.1) is 11.3 Å². The lowest BCUT2D eigenvalue weighted by atomic mass is 10.0. The maximum absolute atomic E-state index is 4.57. The first-order valence-corrected chi connectivity index (χ1v) is 8.08. The summed E-state index contributed by atoms with van der Waals surface area (Å²) in [5.41, 5.74) is 2.55. The molecule has 0 saturated carbocycles. The number of piperazine rings is 1. The summed E-state index contributed by atoms with van der Waals surface area (Å²) in [5.74, 6) is 0. The fraction of sp³-hybridized carbons (Fsp3) is 0.438. The molecule has 2 heterocycles. The Morgan fingerprint density at radius 2 is 2.20 bits per heavy atom. The minimum atomic E-state index is 0.548. The van der Waals surface area contributed by atoms with Gasteiger partial charge >= 0.3 is 0 Å². The maximum atomic E-state index is 4.57. The molecule has 2 aromatic rings. The average molecular weight is 287 g/mol. The average Bonchev–Trinajstić information content (AvgIpc) is 2.86. The van der Waals surface area contributed by atoms with Gasteiger partial charge in [-0.2, -0.15) is 0 Å². The third-order valence-corrected chi connectivity index (χ3v) is 4.64. The van der Waals surface area contributed by atoms with Gasteiger partial charge in [0.1, 0.15) is 5.01 Å². The number of aromatic nitrogens is 1. The van der Waals surface area contributed by atoms with Crippen molar-refractivity contribution in [2.75, 3.05) is 19.6 Å². The third kappa shape index (κ3) is 3.66. The third-order valence-electron chi connectivity index (χ3n) is 3.69. The lowest BCUT2D eigenvalue weighted by Crippen LogP contribution is -2.51. The highest BCUT2D eigenvalue weighted by molar-refractivity contribution is 7.09. The summed E-state index contributed by atoms with van der Waals surface area (Å²) in [6.45, 7) is 6.35. The Morgan fingerprint density at radius 3 is 2.95 bits per heavy atom. The van der Waals surface area contributed by atoms with Crippen molar-refractivity contribution in [3.05, 3.63) is 52.0 Å². The van der Waals surface area contributed by atoms with Crippen LogP contribution in [0.15, 0.2) is 35.7 Å².